The number of sulfonamides is 1. The van der Waals surface area contributed by atoms with Crippen LogP contribution in [0.3, 0.4) is 0 Å². The molecule has 1 saturated carbocycles. The predicted octanol–water partition coefficient (Wildman–Crippen LogP) is 4.02. The maximum absolute atomic E-state index is 13.0. The van der Waals surface area contributed by atoms with Crippen molar-refractivity contribution in [2.75, 3.05) is 11.4 Å². The molecule has 1 atom stereocenters. The van der Waals surface area contributed by atoms with Crippen molar-refractivity contribution in [2.45, 2.75) is 62.8 Å². The van der Waals surface area contributed by atoms with Gasteiger partial charge in [-0.3, -0.25) is 4.79 Å². The molecule has 0 unspecified atom stereocenters. The summed E-state index contributed by atoms with van der Waals surface area (Å²) in [4.78, 5) is 14.5. The van der Waals surface area contributed by atoms with Crippen molar-refractivity contribution in [3.05, 3.63) is 59.7 Å². The third kappa shape index (κ3) is 4.30. The van der Waals surface area contributed by atoms with Gasteiger partial charge in [-0.2, -0.15) is 0 Å². The smallest absolute Gasteiger partial charge is 0.240 e. The molecule has 0 radical (unpaired) electrons. The Morgan fingerprint density at radius 2 is 1.87 bits per heavy atom. The van der Waals surface area contributed by atoms with Crippen LogP contribution in [0.25, 0.3) is 0 Å². The minimum atomic E-state index is -3.63. The first-order valence-corrected chi connectivity index (χ1v) is 12.2. The molecule has 0 spiro atoms. The van der Waals surface area contributed by atoms with Gasteiger partial charge in [0.05, 0.1) is 4.90 Å². The summed E-state index contributed by atoms with van der Waals surface area (Å²) >= 11 is 0. The average Bonchev–Trinajstić information content (AvgIpc) is 3.46. The monoisotopic (exact) mass is 426 g/mol. The Balaban J connectivity index is 1.47. The van der Waals surface area contributed by atoms with Crippen LogP contribution in [0.15, 0.2) is 53.4 Å². The zero-order valence-electron chi connectivity index (χ0n) is 17.9. The van der Waals surface area contributed by atoms with E-state index in [-0.39, 0.29) is 28.2 Å². The number of nitrogens with zero attached hydrogens (tertiary/aromatic N) is 1. The Bertz CT molecular complexity index is 1040. The van der Waals surface area contributed by atoms with Gasteiger partial charge in [-0.15, -0.1) is 0 Å². The molecule has 1 amide bonds. The molecular formula is C24H30N2O3S. The van der Waals surface area contributed by atoms with Crippen molar-refractivity contribution in [3.63, 3.8) is 0 Å². The summed E-state index contributed by atoms with van der Waals surface area (Å²) in [6.45, 7) is 6.82. The van der Waals surface area contributed by atoms with Crippen LogP contribution < -0.4 is 9.62 Å². The highest BCUT2D eigenvalue weighted by molar-refractivity contribution is 7.89. The number of amides is 1. The van der Waals surface area contributed by atoms with Gasteiger partial charge in [0.2, 0.25) is 15.9 Å². The van der Waals surface area contributed by atoms with Crippen molar-refractivity contribution >= 4 is 21.6 Å². The van der Waals surface area contributed by atoms with Crippen LogP contribution in [0, 0.1) is 5.92 Å². The first kappa shape index (κ1) is 21.1. The topological polar surface area (TPSA) is 66.5 Å². The molecule has 2 aromatic carbocycles. The Morgan fingerprint density at radius 1 is 1.17 bits per heavy atom. The number of benzene rings is 2. The fourth-order valence-corrected chi connectivity index (χ4v) is 5.77. The molecule has 4 rings (SSSR count). The van der Waals surface area contributed by atoms with Gasteiger partial charge in [0.1, 0.15) is 0 Å². The molecule has 1 fully saturated rings. The molecule has 2 aromatic rings. The highest BCUT2D eigenvalue weighted by atomic mass is 32.2. The third-order valence-electron chi connectivity index (χ3n) is 6.18. The quantitative estimate of drug-likeness (QED) is 0.727. The zero-order valence-corrected chi connectivity index (χ0v) is 18.7. The first-order valence-electron chi connectivity index (χ1n) is 10.7. The largest absolute Gasteiger partial charge is 0.312 e. The van der Waals surface area contributed by atoms with Gasteiger partial charge >= 0.3 is 0 Å². The SMILES string of the molecule is C[C@H](CC(C)(C)c1ccccc1)NS(=O)(=O)c1ccc2c(c1)CCN2C(=O)C1CC1. The van der Waals surface area contributed by atoms with E-state index in [4.69, 9.17) is 0 Å². The van der Waals surface area contributed by atoms with Gasteiger partial charge in [-0.05, 0) is 67.3 Å². The molecule has 1 N–H and O–H groups in total. The summed E-state index contributed by atoms with van der Waals surface area (Å²) < 4.78 is 28.9. The van der Waals surface area contributed by atoms with Gasteiger partial charge in [-0.25, -0.2) is 13.1 Å². The average molecular weight is 427 g/mol. The Hall–Kier alpha value is -2.18. The molecular weight excluding hydrogens is 396 g/mol. The summed E-state index contributed by atoms with van der Waals surface area (Å²) in [5, 5.41) is 0. The number of carbonyl (C=O) groups excluding carboxylic acids is 1. The Labute approximate surface area is 179 Å². The molecule has 2 aliphatic rings. The van der Waals surface area contributed by atoms with E-state index in [1.807, 2.05) is 30.0 Å². The molecule has 5 nitrogen and oxygen atoms in total. The molecule has 30 heavy (non-hydrogen) atoms. The van der Waals surface area contributed by atoms with Crippen LogP contribution in [-0.4, -0.2) is 26.9 Å². The van der Waals surface area contributed by atoms with E-state index < -0.39 is 10.0 Å². The fourth-order valence-electron chi connectivity index (χ4n) is 4.47. The van der Waals surface area contributed by atoms with Gasteiger partial charge in [0.25, 0.3) is 0 Å². The standard InChI is InChI=1S/C24H30N2O3S/c1-17(16-24(2,3)20-7-5-4-6-8-20)25-30(28,29)21-11-12-22-19(15-21)13-14-26(22)23(27)18-9-10-18/h4-8,11-12,15,17-18,25H,9-10,13-14,16H2,1-3H3/t17-/m1/s1. The van der Waals surface area contributed by atoms with E-state index in [9.17, 15) is 13.2 Å². The van der Waals surface area contributed by atoms with Crippen LogP contribution in [0.1, 0.15) is 51.2 Å². The second-order valence-electron chi connectivity index (χ2n) is 9.28. The number of nitrogens with one attached hydrogen (secondary N) is 1. The van der Waals surface area contributed by atoms with E-state index in [0.29, 0.717) is 19.4 Å². The highest BCUT2D eigenvalue weighted by Crippen LogP contribution is 2.37. The molecule has 1 heterocycles. The minimum absolute atomic E-state index is 0.148. The molecule has 0 saturated heterocycles. The molecule has 6 heteroatoms. The second kappa shape index (κ2) is 7.82. The van der Waals surface area contributed by atoms with E-state index in [1.165, 1.54) is 5.56 Å². The van der Waals surface area contributed by atoms with E-state index in [1.54, 1.807) is 18.2 Å². The van der Waals surface area contributed by atoms with Crippen molar-refractivity contribution in [2.24, 2.45) is 5.92 Å². The van der Waals surface area contributed by atoms with E-state index >= 15 is 0 Å². The first-order chi connectivity index (χ1) is 14.2. The minimum Gasteiger partial charge on any atom is -0.312 e. The zero-order chi connectivity index (χ0) is 21.5. The summed E-state index contributed by atoms with van der Waals surface area (Å²) in [6, 6.07) is 15.1. The second-order valence-corrected chi connectivity index (χ2v) is 11.0. The van der Waals surface area contributed by atoms with Crippen molar-refractivity contribution in [1.29, 1.82) is 0 Å². The van der Waals surface area contributed by atoms with Gasteiger partial charge in [0, 0.05) is 24.2 Å². The van der Waals surface area contributed by atoms with Gasteiger partial charge < -0.3 is 4.90 Å². The number of hydrogen-bond donors (Lipinski definition) is 1. The number of anilines is 1. The van der Waals surface area contributed by atoms with Crippen LogP contribution in [0.2, 0.25) is 0 Å². The number of rotatable bonds is 7. The highest BCUT2D eigenvalue weighted by Gasteiger charge is 2.37. The van der Waals surface area contributed by atoms with Crippen LogP contribution in [0.4, 0.5) is 5.69 Å². The number of hydrogen-bond acceptors (Lipinski definition) is 3. The lowest BCUT2D eigenvalue weighted by Gasteiger charge is -2.29. The van der Waals surface area contributed by atoms with Crippen molar-refractivity contribution in [1.82, 2.24) is 4.72 Å². The lowest BCUT2D eigenvalue weighted by Crippen LogP contribution is -2.37. The lowest BCUT2D eigenvalue weighted by molar-refractivity contribution is -0.119. The summed E-state index contributed by atoms with van der Waals surface area (Å²) in [5.41, 5.74) is 2.84. The maximum Gasteiger partial charge on any atom is 0.240 e. The normalized spacial score (nSPS) is 17.6. The summed E-state index contributed by atoms with van der Waals surface area (Å²) in [7, 11) is -3.63. The summed E-state index contributed by atoms with van der Waals surface area (Å²) in [5.74, 6) is 0.342. The number of fused-ring (bicyclic) bond motifs is 1. The van der Waals surface area contributed by atoms with Crippen molar-refractivity contribution < 1.29 is 13.2 Å². The van der Waals surface area contributed by atoms with E-state index in [0.717, 1.165) is 24.1 Å². The molecule has 160 valence electrons. The predicted molar refractivity (Wildman–Crippen MR) is 119 cm³/mol. The Kier molecular flexibility index (Phi) is 5.49. The van der Waals surface area contributed by atoms with Crippen molar-refractivity contribution in [3.8, 4) is 0 Å². The summed E-state index contributed by atoms with van der Waals surface area (Å²) in [6.07, 6.45) is 3.33. The fraction of sp³-hybridized carbons (Fsp3) is 0.458. The van der Waals surface area contributed by atoms with Gasteiger partial charge in [-0.1, -0.05) is 44.2 Å². The molecule has 1 aliphatic heterocycles. The third-order valence-corrected chi connectivity index (χ3v) is 7.76. The molecule has 1 aliphatic carbocycles. The van der Waals surface area contributed by atoms with Crippen LogP contribution in [0.5, 0.6) is 0 Å². The van der Waals surface area contributed by atoms with Gasteiger partial charge in [0.15, 0.2) is 0 Å². The van der Waals surface area contributed by atoms with E-state index in [2.05, 4.69) is 30.7 Å². The molecule has 0 aromatic heterocycles. The molecule has 0 bridgehead atoms. The Morgan fingerprint density at radius 3 is 2.53 bits per heavy atom. The van der Waals surface area contributed by atoms with Crippen LogP contribution >= 0.6 is 0 Å². The maximum atomic E-state index is 13.0. The number of carbonyl (C=O) groups is 1. The van der Waals surface area contributed by atoms with Crippen LogP contribution in [-0.2, 0) is 26.7 Å². The lowest BCUT2D eigenvalue weighted by atomic mass is 9.79.